The van der Waals surface area contributed by atoms with E-state index in [-0.39, 0.29) is 28.9 Å². The van der Waals surface area contributed by atoms with Gasteiger partial charge in [-0.1, -0.05) is 0 Å². The SMILES string of the molecule is O=C(Nc1ncccc1O)c1nn(-c2ccc(F)cc2F)c2c1C[C@@H]1C[C@H]21. The number of nitrogens with zero attached hydrogens (tertiary/aromatic N) is 3. The van der Waals surface area contributed by atoms with Crippen molar-refractivity contribution in [3.8, 4) is 11.4 Å². The fraction of sp³-hybridized carbons (Fsp3) is 0.211. The number of hydrogen-bond acceptors (Lipinski definition) is 4. The fourth-order valence-electron chi connectivity index (χ4n) is 3.79. The highest BCUT2D eigenvalue weighted by Crippen LogP contribution is 2.57. The van der Waals surface area contributed by atoms with Crippen LogP contribution in [0.25, 0.3) is 5.69 Å². The molecule has 2 N–H and O–H groups in total. The second-order valence-corrected chi connectivity index (χ2v) is 6.85. The lowest BCUT2D eigenvalue weighted by Crippen LogP contribution is -2.16. The zero-order valence-corrected chi connectivity index (χ0v) is 14.0. The van der Waals surface area contributed by atoms with E-state index in [9.17, 15) is 18.7 Å². The molecule has 3 aromatic rings. The Labute approximate surface area is 152 Å². The zero-order chi connectivity index (χ0) is 18.7. The number of anilines is 1. The first-order valence-electron chi connectivity index (χ1n) is 8.55. The first-order valence-corrected chi connectivity index (χ1v) is 8.55. The lowest BCUT2D eigenvalue weighted by molar-refractivity contribution is 0.102. The van der Waals surface area contributed by atoms with Crippen LogP contribution in [0.15, 0.2) is 36.5 Å². The van der Waals surface area contributed by atoms with E-state index in [1.165, 1.54) is 23.0 Å². The molecular weight excluding hydrogens is 354 g/mol. The normalized spacial score (nSPS) is 19.5. The van der Waals surface area contributed by atoms with Crippen LogP contribution in [0.2, 0.25) is 0 Å². The van der Waals surface area contributed by atoms with Gasteiger partial charge in [0.1, 0.15) is 11.5 Å². The Balaban J connectivity index is 1.58. The molecule has 1 saturated carbocycles. The third-order valence-electron chi connectivity index (χ3n) is 5.13. The molecule has 1 fully saturated rings. The van der Waals surface area contributed by atoms with Crippen molar-refractivity contribution in [2.75, 3.05) is 5.32 Å². The van der Waals surface area contributed by atoms with E-state index < -0.39 is 17.5 Å². The molecule has 2 heterocycles. The van der Waals surface area contributed by atoms with Crippen LogP contribution >= 0.6 is 0 Å². The van der Waals surface area contributed by atoms with Crippen LogP contribution in [0.5, 0.6) is 5.75 Å². The number of nitrogens with one attached hydrogen (secondary N) is 1. The van der Waals surface area contributed by atoms with E-state index >= 15 is 0 Å². The number of amides is 1. The third kappa shape index (κ3) is 2.48. The summed E-state index contributed by atoms with van der Waals surface area (Å²) in [4.78, 5) is 16.7. The quantitative estimate of drug-likeness (QED) is 0.744. The van der Waals surface area contributed by atoms with Crippen molar-refractivity contribution in [1.29, 1.82) is 0 Å². The van der Waals surface area contributed by atoms with E-state index in [0.29, 0.717) is 12.3 Å². The van der Waals surface area contributed by atoms with Crippen LogP contribution in [-0.2, 0) is 6.42 Å². The number of halogens is 2. The molecule has 0 saturated heterocycles. The van der Waals surface area contributed by atoms with E-state index in [1.54, 1.807) is 6.07 Å². The molecule has 27 heavy (non-hydrogen) atoms. The molecule has 136 valence electrons. The molecular formula is C19H14F2N4O2. The van der Waals surface area contributed by atoms with E-state index in [0.717, 1.165) is 29.8 Å². The number of aromatic hydroxyl groups is 1. The van der Waals surface area contributed by atoms with Crippen LogP contribution in [-0.4, -0.2) is 25.8 Å². The summed E-state index contributed by atoms with van der Waals surface area (Å²) in [7, 11) is 0. The molecule has 0 radical (unpaired) electrons. The van der Waals surface area contributed by atoms with Gasteiger partial charge in [0.2, 0.25) is 0 Å². The van der Waals surface area contributed by atoms with Gasteiger partial charge in [-0.2, -0.15) is 5.10 Å². The van der Waals surface area contributed by atoms with Crippen molar-refractivity contribution in [1.82, 2.24) is 14.8 Å². The number of hydrogen-bond donors (Lipinski definition) is 2. The van der Waals surface area contributed by atoms with Crippen LogP contribution in [0.4, 0.5) is 14.6 Å². The Hall–Kier alpha value is -3.29. The summed E-state index contributed by atoms with van der Waals surface area (Å²) in [5, 5.41) is 16.7. The topological polar surface area (TPSA) is 80.0 Å². The highest BCUT2D eigenvalue weighted by atomic mass is 19.1. The van der Waals surface area contributed by atoms with Crippen LogP contribution in [0.3, 0.4) is 0 Å². The lowest BCUT2D eigenvalue weighted by Gasteiger charge is -2.07. The van der Waals surface area contributed by atoms with Crippen molar-refractivity contribution in [2.45, 2.75) is 18.8 Å². The highest BCUT2D eigenvalue weighted by Gasteiger charge is 2.50. The predicted molar refractivity (Wildman–Crippen MR) is 91.9 cm³/mol. The van der Waals surface area contributed by atoms with Gasteiger partial charge in [0.05, 0.1) is 5.69 Å². The Morgan fingerprint density at radius 3 is 2.93 bits per heavy atom. The summed E-state index contributed by atoms with van der Waals surface area (Å²) in [6, 6.07) is 6.24. The van der Waals surface area contributed by atoms with Gasteiger partial charge in [-0.15, -0.1) is 0 Å². The average molecular weight is 368 g/mol. The Morgan fingerprint density at radius 2 is 2.15 bits per heavy atom. The van der Waals surface area contributed by atoms with Crippen molar-refractivity contribution in [3.05, 3.63) is 65.1 Å². The summed E-state index contributed by atoms with van der Waals surface area (Å²) in [5.74, 6) is -1.39. The highest BCUT2D eigenvalue weighted by molar-refractivity contribution is 6.04. The number of fused-ring (bicyclic) bond motifs is 3. The summed E-state index contributed by atoms with van der Waals surface area (Å²) in [6.07, 6.45) is 3.12. The number of pyridine rings is 1. The molecule has 2 aromatic heterocycles. The number of rotatable bonds is 3. The number of carbonyl (C=O) groups excluding carboxylic acids is 1. The molecule has 8 heteroatoms. The largest absolute Gasteiger partial charge is 0.504 e. The second-order valence-electron chi connectivity index (χ2n) is 6.85. The van der Waals surface area contributed by atoms with Gasteiger partial charge < -0.3 is 10.4 Å². The van der Waals surface area contributed by atoms with E-state index in [1.807, 2.05) is 0 Å². The van der Waals surface area contributed by atoms with Gasteiger partial charge >= 0.3 is 0 Å². The van der Waals surface area contributed by atoms with Gasteiger partial charge in [-0.25, -0.2) is 18.4 Å². The van der Waals surface area contributed by atoms with Crippen LogP contribution < -0.4 is 5.32 Å². The van der Waals surface area contributed by atoms with E-state index in [2.05, 4.69) is 15.4 Å². The van der Waals surface area contributed by atoms with Crippen molar-refractivity contribution < 1.29 is 18.7 Å². The Kier molecular flexibility index (Phi) is 3.30. The van der Waals surface area contributed by atoms with Gasteiger partial charge in [0, 0.05) is 23.7 Å². The summed E-state index contributed by atoms with van der Waals surface area (Å²) in [5.41, 5.74) is 1.86. The predicted octanol–water partition coefficient (Wildman–Crippen LogP) is 3.16. The molecule has 0 unspecified atom stereocenters. The van der Waals surface area contributed by atoms with Crippen molar-refractivity contribution in [3.63, 3.8) is 0 Å². The summed E-state index contributed by atoms with van der Waals surface area (Å²) >= 11 is 0. The second kappa shape index (κ2) is 5.60. The summed E-state index contributed by atoms with van der Waals surface area (Å²) < 4.78 is 29.0. The van der Waals surface area contributed by atoms with Crippen molar-refractivity contribution in [2.24, 2.45) is 5.92 Å². The van der Waals surface area contributed by atoms with Crippen molar-refractivity contribution >= 4 is 11.7 Å². The maximum Gasteiger partial charge on any atom is 0.277 e. The molecule has 5 rings (SSSR count). The molecule has 6 nitrogen and oxygen atoms in total. The molecule has 2 aliphatic carbocycles. The molecule has 2 atom stereocenters. The van der Waals surface area contributed by atoms with Gasteiger partial charge in [-0.05, 0) is 43.0 Å². The Morgan fingerprint density at radius 1 is 1.30 bits per heavy atom. The molecule has 1 aromatic carbocycles. The number of carbonyl (C=O) groups is 1. The average Bonchev–Trinajstić information content (AvgIpc) is 3.14. The maximum absolute atomic E-state index is 14.3. The first kappa shape index (κ1) is 15.9. The zero-order valence-electron chi connectivity index (χ0n) is 14.0. The van der Waals surface area contributed by atoms with Crippen LogP contribution in [0, 0.1) is 17.6 Å². The standard InChI is InChI=1S/C19H14F2N4O2/c20-10-3-4-14(13(21)8-10)25-17-11-6-9(11)7-12(17)16(24-25)19(27)23-18-15(26)2-1-5-22-18/h1-5,8-9,11,26H,6-7H2,(H,22,23,27)/t9-,11-/m0/s1. The minimum atomic E-state index is -0.737. The summed E-state index contributed by atoms with van der Waals surface area (Å²) in [6.45, 7) is 0. The monoisotopic (exact) mass is 368 g/mol. The smallest absolute Gasteiger partial charge is 0.277 e. The third-order valence-corrected chi connectivity index (χ3v) is 5.13. The van der Waals surface area contributed by atoms with Gasteiger partial charge in [-0.3, -0.25) is 4.79 Å². The first-order chi connectivity index (χ1) is 13.0. The molecule has 0 aliphatic heterocycles. The maximum atomic E-state index is 14.3. The minimum Gasteiger partial charge on any atom is -0.504 e. The van der Waals surface area contributed by atoms with E-state index in [4.69, 9.17) is 0 Å². The minimum absolute atomic E-state index is 0.0296. The molecule has 1 amide bonds. The molecule has 0 bridgehead atoms. The number of benzene rings is 1. The molecule has 0 spiro atoms. The Bertz CT molecular complexity index is 1100. The molecule has 2 aliphatic rings. The van der Waals surface area contributed by atoms with Crippen LogP contribution in [0.1, 0.15) is 34.1 Å². The van der Waals surface area contributed by atoms with Gasteiger partial charge in [0.25, 0.3) is 5.91 Å². The number of aromatic nitrogens is 3. The fourth-order valence-corrected chi connectivity index (χ4v) is 3.79. The van der Waals surface area contributed by atoms with Gasteiger partial charge in [0.15, 0.2) is 23.1 Å². The lowest BCUT2D eigenvalue weighted by atomic mass is 10.1.